The lowest BCUT2D eigenvalue weighted by Crippen LogP contribution is -2.08. The highest BCUT2D eigenvalue weighted by atomic mass is 32.1. The van der Waals surface area contributed by atoms with Crippen molar-refractivity contribution in [2.75, 3.05) is 6.61 Å². The van der Waals surface area contributed by atoms with E-state index in [1.165, 1.54) is 31.8 Å². The van der Waals surface area contributed by atoms with Gasteiger partial charge in [0.15, 0.2) is 0 Å². The molecule has 3 aromatic carbocycles. The standard InChI is InChI=1S/C32H27N5OS/c1-15(2)23-13-21-20-8-6-18-12-25(39-31(18)30(20)38-14-24(21)35-23)17-5-7-19-22(11-17)26-28(34-10-9-33-26)29-27(19)36-32(37-29)16(3)4/h5-12,15-16H,13-14H2,1-4H3,(H,36,37). The quantitative estimate of drug-likeness (QED) is 0.234. The Bertz CT molecular complexity index is 2060. The molecule has 8 rings (SSSR count). The number of aromatic amines is 1. The van der Waals surface area contributed by atoms with Crippen LogP contribution in [0.1, 0.15) is 51.4 Å². The van der Waals surface area contributed by atoms with E-state index in [9.17, 15) is 0 Å². The zero-order valence-corrected chi connectivity index (χ0v) is 23.1. The average Bonchev–Trinajstić information content (AvgIpc) is 3.69. The van der Waals surface area contributed by atoms with E-state index in [0.29, 0.717) is 18.4 Å². The van der Waals surface area contributed by atoms with Crippen LogP contribution < -0.4 is 4.74 Å². The van der Waals surface area contributed by atoms with Crippen molar-refractivity contribution < 1.29 is 4.74 Å². The van der Waals surface area contributed by atoms with Gasteiger partial charge in [-0.15, -0.1) is 11.3 Å². The first kappa shape index (κ1) is 22.8. The molecule has 1 N–H and O–H groups in total. The minimum atomic E-state index is 0.296. The van der Waals surface area contributed by atoms with Gasteiger partial charge in [0, 0.05) is 51.7 Å². The summed E-state index contributed by atoms with van der Waals surface area (Å²) in [6.45, 7) is 9.27. The molecule has 2 aliphatic rings. The largest absolute Gasteiger partial charge is 0.485 e. The molecule has 0 fully saturated rings. The third-order valence-electron chi connectivity index (χ3n) is 7.99. The fraction of sp³-hybridized carbons (Fsp3) is 0.250. The highest BCUT2D eigenvalue weighted by Gasteiger charge is 2.29. The molecule has 6 nitrogen and oxygen atoms in total. The van der Waals surface area contributed by atoms with Crippen molar-refractivity contribution >= 4 is 65.5 Å². The Hall–Kier alpha value is -4.10. The van der Waals surface area contributed by atoms with Crippen LogP contribution >= 0.6 is 11.3 Å². The summed E-state index contributed by atoms with van der Waals surface area (Å²) in [5.41, 5.74) is 9.69. The van der Waals surface area contributed by atoms with Gasteiger partial charge in [0.25, 0.3) is 0 Å². The Kier molecular flexibility index (Phi) is 4.80. The molecule has 192 valence electrons. The van der Waals surface area contributed by atoms with Crippen molar-refractivity contribution in [1.29, 1.82) is 0 Å². The Labute approximate surface area is 229 Å². The molecule has 0 radical (unpaired) electrons. The molecule has 0 aliphatic carbocycles. The zero-order chi connectivity index (χ0) is 26.4. The van der Waals surface area contributed by atoms with Gasteiger partial charge in [-0.2, -0.15) is 0 Å². The number of rotatable bonds is 3. The maximum atomic E-state index is 6.34. The van der Waals surface area contributed by atoms with E-state index in [2.05, 4.69) is 69.1 Å². The molecule has 3 aromatic heterocycles. The highest BCUT2D eigenvalue weighted by Crippen LogP contribution is 2.48. The zero-order valence-electron chi connectivity index (χ0n) is 22.3. The van der Waals surface area contributed by atoms with Crippen LogP contribution in [0.2, 0.25) is 0 Å². The summed E-state index contributed by atoms with van der Waals surface area (Å²) < 4.78 is 7.54. The maximum absolute atomic E-state index is 6.34. The molecule has 0 atom stereocenters. The summed E-state index contributed by atoms with van der Waals surface area (Å²) in [6.07, 6.45) is 4.44. The first-order valence-electron chi connectivity index (χ1n) is 13.5. The first-order valence-corrected chi connectivity index (χ1v) is 14.3. The van der Waals surface area contributed by atoms with Crippen molar-refractivity contribution in [3.8, 4) is 16.2 Å². The first-order chi connectivity index (χ1) is 19.0. The van der Waals surface area contributed by atoms with Gasteiger partial charge in [0.2, 0.25) is 0 Å². The molecule has 0 spiro atoms. The topological polar surface area (TPSA) is 76.0 Å². The monoisotopic (exact) mass is 529 g/mol. The van der Waals surface area contributed by atoms with E-state index in [-0.39, 0.29) is 0 Å². The van der Waals surface area contributed by atoms with Gasteiger partial charge in [-0.05, 0) is 34.6 Å². The number of aromatic nitrogens is 4. The van der Waals surface area contributed by atoms with Gasteiger partial charge in [-0.1, -0.05) is 52.0 Å². The molecule has 7 heteroatoms. The number of imidazole rings is 1. The average molecular weight is 530 g/mol. The van der Waals surface area contributed by atoms with Gasteiger partial charge < -0.3 is 9.72 Å². The van der Waals surface area contributed by atoms with Crippen LogP contribution in [0.5, 0.6) is 5.75 Å². The summed E-state index contributed by atoms with van der Waals surface area (Å²) in [5, 5.41) is 3.36. The van der Waals surface area contributed by atoms with E-state index in [0.717, 1.165) is 62.1 Å². The fourth-order valence-electron chi connectivity index (χ4n) is 5.86. The second-order valence-electron chi connectivity index (χ2n) is 11.1. The number of hydrogen-bond acceptors (Lipinski definition) is 6. The lowest BCUT2D eigenvalue weighted by atomic mass is 9.94. The minimum Gasteiger partial charge on any atom is -0.485 e. The third kappa shape index (κ3) is 3.32. The SMILES string of the molecule is CC(C)C1=NC2=C(C1)c1ccc3cc(-c4ccc5c(c4)c4nccnc4c4[nH]c(C(C)C)nc54)sc3c1OC2. The maximum Gasteiger partial charge on any atom is 0.145 e. The van der Waals surface area contributed by atoms with E-state index in [4.69, 9.17) is 24.7 Å². The number of aliphatic imine (C=N–C) groups is 1. The number of allylic oxidation sites excluding steroid dienone is 1. The molecular formula is C32H27N5OS. The van der Waals surface area contributed by atoms with Crippen LogP contribution in [0, 0.1) is 5.92 Å². The number of fused-ring (bicyclic) bond motifs is 10. The lowest BCUT2D eigenvalue weighted by Gasteiger charge is -2.19. The van der Waals surface area contributed by atoms with Crippen LogP contribution in [-0.2, 0) is 0 Å². The van der Waals surface area contributed by atoms with E-state index >= 15 is 0 Å². The van der Waals surface area contributed by atoms with Crippen LogP contribution in [0.15, 0.2) is 59.5 Å². The summed E-state index contributed by atoms with van der Waals surface area (Å²) in [7, 11) is 0. The highest BCUT2D eigenvalue weighted by molar-refractivity contribution is 7.22. The third-order valence-corrected chi connectivity index (χ3v) is 9.19. The van der Waals surface area contributed by atoms with Crippen LogP contribution in [0.25, 0.3) is 58.9 Å². The van der Waals surface area contributed by atoms with Gasteiger partial charge in [-0.25, -0.2) is 4.98 Å². The van der Waals surface area contributed by atoms with Gasteiger partial charge in [-0.3, -0.25) is 15.0 Å². The molecule has 2 aliphatic heterocycles. The number of hydrogen-bond donors (Lipinski definition) is 1. The number of nitrogens with zero attached hydrogens (tertiary/aromatic N) is 4. The minimum absolute atomic E-state index is 0.296. The van der Waals surface area contributed by atoms with Crippen molar-refractivity contribution in [2.45, 2.75) is 40.0 Å². The second-order valence-corrected chi connectivity index (χ2v) is 12.2. The predicted octanol–water partition coefficient (Wildman–Crippen LogP) is 8.27. The van der Waals surface area contributed by atoms with Gasteiger partial charge in [0.05, 0.1) is 26.9 Å². The fourth-order valence-corrected chi connectivity index (χ4v) is 7.01. The van der Waals surface area contributed by atoms with E-state index in [1.807, 2.05) is 0 Å². The summed E-state index contributed by atoms with van der Waals surface area (Å²) in [4.78, 5) is 24.0. The molecular weight excluding hydrogens is 502 g/mol. The van der Waals surface area contributed by atoms with Crippen molar-refractivity contribution in [2.24, 2.45) is 10.9 Å². The van der Waals surface area contributed by atoms with E-state index in [1.54, 1.807) is 23.7 Å². The summed E-state index contributed by atoms with van der Waals surface area (Å²) in [5.74, 6) is 2.71. The van der Waals surface area contributed by atoms with Crippen LogP contribution in [-0.4, -0.2) is 32.3 Å². The number of nitrogens with one attached hydrogen (secondary N) is 1. The summed E-state index contributed by atoms with van der Waals surface area (Å²) >= 11 is 1.79. The summed E-state index contributed by atoms with van der Waals surface area (Å²) in [6, 6.07) is 13.3. The van der Waals surface area contributed by atoms with E-state index < -0.39 is 0 Å². The predicted molar refractivity (Wildman–Crippen MR) is 161 cm³/mol. The smallest absolute Gasteiger partial charge is 0.145 e. The molecule has 5 heterocycles. The molecule has 0 unspecified atom stereocenters. The molecule has 0 amide bonds. The number of ether oxygens (including phenoxy) is 1. The number of benzene rings is 3. The Morgan fingerprint density at radius 1 is 0.897 bits per heavy atom. The Balaban J connectivity index is 1.29. The second kappa shape index (κ2) is 8.20. The number of thiophene rings is 1. The number of H-pyrrole nitrogens is 1. The van der Waals surface area contributed by atoms with Crippen molar-refractivity contribution in [3.63, 3.8) is 0 Å². The van der Waals surface area contributed by atoms with Crippen molar-refractivity contribution in [1.82, 2.24) is 19.9 Å². The molecule has 0 bridgehead atoms. The normalized spacial score (nSPS) is 15.2. The molecule has 39 heavy (non-hydrogen) atoms. The Morgan fingerprint density at radius 2 is 1.74 bits per heavy atom. The van der Waals surface area contributed by atoms with Gasteiger partial charge >= 0.3 is 0 Å². The molecule has 0 saturated heterocycles. The lowest BCUT2D eigenvalue weighted by molar-refractivity contribution is 0.350. The molecule has 6 aromatic rings. The van der Waals surface area contributed by atoms with Gasteiger partial charge in [0.1, 0.15) is 23.7 Å². The Morgan fingerprint density at radius 3 is 2.56 bits per heavy atom. The van der Waals surface area contributed by atoms with Crippen LogP contribution in [0.3, 0.4) is 0 Å². The van der Waals surface area contributed by atoms with Crippen LogP contribution in [0.4, 0.5) is 0 Å². The molecule has 0 saturated carbocycles. The van der Waals surface area contributed by atoms with Crippen molar-refractivity contribution in [3.05, 3.63) is 65.9 Å².